The van der Waals surface area contributed by atoms with E-state index in [1.165, 1.54) is 11.1 Å². The molecule has 19 heavy (non-hydrogen) atoms. The van der Waals surface area contributed by atoms with Crippen molar-refractivity contribution in [3.05, 3.63) is 59.2 Å². The summed E-state index contributed by atoms with van der Waals surface area (Å²) >= 11 is 0. The molecule has 0 heterocycles. The van der Waals surface area contributed by atoms with E-state index in [2.05, 4.69) is 19.1 Å². The lowest BCUT2D eigenvalue weighted by Gasteiger charge is -2.13. The Morgan fingerprint density at radius 1 is 1.05 bits per heavy atom. The quantitative estimate of drug-likeness (QED) is 0.895. The fourth-order valence-corrected chi connectivity index (χ4v) is 1.89. The maximum absolute atomic E-state index is 5.86. The second kappa shape index (κ2) is 6.25. The maximum Gasteiger partial charge on any atom is 0.161 e. The van der Waals surface area contributed by atoms with Crippen LogP contribution in [0.25, 0.3) is 0 Å². The first kappa shape index (κ1) is 13.4. The van der Waals surface area contributed by atoms with Gasteiger partial charge < -0.3 is 15.2 Å². The number of rotatable bonds is 5. The molecule has 0 spiro atoms. The molecule has 2 aromatic carbocycles. The molecule has 2 aromatic rings. The summed E-state index contributed by atoms with van der Waals surface area (Å²) in [6.07, 6.45) is 0. The molecule has 0 radical (unpaired) electrons. The van der Waals surface area contributed by atoms with Crippen LogP contribution >= 0.6 is 0 Å². The molecule has 2 N–H and O–H groups in total. The van der Waals surface area contributed by atoms with Gasteiger partial charge in [-0.25, -0.2) is 0 Å². The third kappa shape index (κ3) is 3.26. The van der Waals surface area contributed by atoms with Gasteiger partial charge in [-0.2, -0.15) is 0 Å². The van der Waals surface area contributed by atoms with Crippen LogP contribution in [-0.2, 0) is 13.2 Å². The van der Waals surface area contributed by atoms with Gasteiger partial charge in [-0.05, 0) is 35.7 Å². The number of ether oxygens (including phenoxy) is 2. The van der Waals surface area contributed by atoms with Gasteiger partial charge in [0.05, 0.1) is 7.11 Å². The van der Waals surface area contributed by atoms with Gasteiger partial charge in [0.25, 0.3) is 0 Å². The van der Waals surface area contributed by atoms with E-state index in [0.717, 1.165) is 17.1 Å². The van der Waals surface area contributed by atoms with Crippen molar-refractivity contribution in [1.82, 2.24) is 0 Å². The molecule has 0 aliphatic carbocycles. The highest BCUT2D eigenvalue weighted by Crippen LogP contribution is 2.29. The SMILES string of the molecule is COc1ccc(CN)cc1OCc1ccccc1C. The standard InChI is InChI=1S/C16H19NO2/c1-12-5-3-4-6-14(12)11-19-16-9-13(10-17)7-8-15(16)18-2/h3-9H,10-11,17H2,1-2H3. The third-order valence-electron chi connectivity index (χ3n) is 3.11. The molecule has 0 saturated heterocycles. The molecule has 0 fully saturated rings. The lowest BCUT2D eigenvalue weighted by atomic mass is 10.1. The van der Waals surface area contributed by atoms with Gasteiger partial charge >= 0.3 is 0 Å². The summed E-state index contributed by atoms with van der Waals surface area (Å²) in [5.41, 5.74) is 9.06. The number of benzene rings is 2. The first-order valence-electron chi connectivity index (χ1n) is 6.29. The molecule has 0 aliphatic rings. The summed E-state index contributed by atoms with van der Waals surface area (Å²) < 4.78 is 11.2. The van der Waals surface area contributed by atoms with Gasteiger partial charge in [0.15, 0.2) is 11.5 Å². The maximum atomic E-state index is 5.86. The van der Waals surface area contributed by atoms with Crippen LogP contribution in [0.15, 0.2) is 42.5 Å². The molecule has 0 saturated carbocycles. The zero-order chi connectivity index (χ0) is 13.7. The van der Waals surface area contributed by atoms with E-state index in [0.29, 0.717) is 13.2 Å². The monoisotopic (exact) mass is 257 g/mol. The van der Waals surface area contributed by atoms with Crippen molar-refractivity contribution in [1.29, 1.82) is 0 Å². The minimum atomic E-state index is 0.491. The summed E-state index contributed by atoms with van der Waals surface area (Å²) in [4.78, 5) is 0. The van der Waals surface area contributed by atoms with E-state index < -0.39 is 0 Å². The van der Waals surface area contributed by atoms with E-state index in [1.807, 2.05) is 30.3 Å². The Morgan fingerprint density at radius 2 is 1.84 bits per heavy atom. The van der Waals surface area contributed by atoms with Crippen molar-refractivity contribution < 1.29 is 9.47 Å². The number of methoxy groups -OCH3 is 1. The lowest BCUT2D eigenvalue weighted by molar-refractivity contribution is 0.283. The average Bonchev–Trinajstić information content (AvgIpc) is 2.46. The van der Waals surface area contributed by atoms with Crippen molar-refractivity contribution in [2.45, 2.75) is 20.1 Å². The molecule has 0 bridgehead atoms. The van der Waals surface area contributed by atoms with Crippen LogP contribution in [0.2, 0.25) is 0 Å². The summed E-state index contributed by atoms with van der Waals surface area (Å²) in [5, 5.41) is 0. The van der Waals surface area contributed by atoms with Crippen LogP contribution < -0.4 is 15.2 Å². The molecule has 100 valence electrons. The Balaban J connectivity index is 2.16. The van der Waals surface area contributed by atoms with Gasteiger partial charge in [-0.15, -0.1) is 0 Å². The minimum absolute atomic E-state index is 0.491. The van der Waals surface area contributed by atoms with Crippen molar-refractivity contribution in [2.75, 3.05) is 7.11 Å². The Morgan fingerprint density at radius 3 is 2.53 bits per heavy atom. The fraction of sp³-hybridized carbons (Fsp3) is 0.250. The van der Waals surface area contributed by atoms with E-state index in [9.17, 15) is 0 Å². The van der Waals surface area contributed by atoms with Gasteiger partial charge in [-0.1, -0.05) is 30.3 Å². The van der Waals surface area contributed by atoms with E-state index in [4.69, 9.17) is 15.2 Å². The molecule has 0 unspecified atom stereocenters. The fourth-order valence-electron chi connectivity index (χ4n) is 1.89. The molecule has 0 amide bonds. The summed E-state index contributed by atoms with van der Waals surface area (Å²) in [6, 6.07) is 13.9. The van der Waals surface area contributed by atoms with Crippen molar-refractivity contribution >= 4 is 0 Å². The topological polar surface area (TPSA) is 44.5 Å². The van der Waals surface area contributed by atoms with Crippen molar-refractivity contribution in [3.63, 3.8) is 0 Å². The predicted molar refractivity (Wildman–Crippen MR) is 76.4 cm³/mol. The van der Waals surface area contributed by atoms with Gasteiger partial charge in [-0.3, -0.25) is 0 Å². The average molecular weight is 257 g/mol. The summed E-state index contributed by atoms with van der Waals surface area (Å²) in [6.45, 7) is 3.09. The van der Waals surface area contributed by atoms with Crippen LogP contribution in [0.3, 0.4) is 0 Å². The molecule has 3 nitrogen and oxygen atoms in total. The second-order valence-electron chi connectivity index (χ2n) is 4.40. The Hall–Kier alpha value is -2.00. The minimum Gasteiger partial charge on any atom is -0.493 e. The smallest absolute Gasteiger partial charge is 0.161 e. The van der Waals surface area contributed by atoms with E-state index in [1.54, 1.807) is 7.11 Å². The number of hydrogen-bond donors (Lipinski definition) is 1. The molecular formula is C16H19NO2. The predicted octanol–water partition coefficient (Wildman–Crippen LogP) is 3.04. The first-order chi connectivity index (χ1) is 9.24. The Labute approximate surface area is 114 Å². The lowest BCUT2D eigenvalue weighted by Crippen LogP contribution is -2.02. The van der Waals surface area contributed by atoms with Crippen LogP contribution in [0, 0.1) is 6.92 Å². The Bertz CT molecular complexity index is 552. The number of hydrogen-bond acceptors (Lipinski definition) is 3. The van der Waals surface area contributed by atoms with E-state index in [-0.39, 0.29) is 0 Å². The molecule has 2 rings (SSSR count). The van der Waals surface area contributed by atoms with Crippen LogP contribution in [-0.4, -0.2) is 7.11 Å². The summed E-state index contributed by atoms with van der Waals surface area (Å²) in [7, 11) is 1.64. The van der Waals surface area contributed by atoms with Crippen LogP contribution in [0.1, 0.15) is 16.7 Å². The van der Waals surface area contributed by atoms with Crippen LogP contribution in [0.4, 0.5) is 0 Å². The summed E-state index contributed by atoms with van der Waals surface area (Å²) in [5.74, 6) is 1.46. The van der Waals surface area contributed by atoms with E-state index >= 15 is 0 Å². The number of aryl methyl sites for hydroxylation is 1. The first-order valence-corrected chi connectivity index (χ1v) is 6.29. The molecular weight excluding hydrogens is 238 g/mol. The van der Waals surface area contributed by atoms with Crippen molar-refractivity contribution in [2.24, 2.45) is 5.73 Å². The van der Waals surface area contributed by atoms with Crippen LogP contribution in [0.5, 0.6) is 11.5 Å². The third-order valence-corrected chi connectivity index (χ3v) is 3.11. The Kier molecular flexibility index (Phi) is 4.42. The normalized spacial score (nSPS) is 10.3. The largest absolute Gasteiger partial charge is 0.493 e. The zero-order valence-corrected chi connectivity index (χ0v) is 11.3. The zero-order valence-electron chi connectivity index (χ0n) is 11.3. The highest BCUT2D eigenvalue weighted by Gasteiger charge is 2.06. The van der Waals surface area contributed by atoms with Crippen molar-refractivity contribution in [3.8, 4) is 11.5 Å². The van der Waals surface area contributed by atoms with Gasteiger partial charge in [0.2, 0.25) is 0 Å². The van der Waals surface area contributed by atoms with Gasteiger partial charge in [0.1, 0.15) is 6.61 Å². The highest BCUT2D eigenvalue weighted by molar-refractivity contribution is 5.43. The highest BCUT2D eigenvalue weighted by atomic mass is 16.5. The molecule has 0 aliphatic heterocycles. The second-order valence-corrected chi connectivity index (χ2v) is 4.40. The molecule has 0 aromatic heterocycles. The molecule has 0 atom stereocenters. The molecule has 3 heteroatoms. The van der Waals surface area contributed by atoms with Gasteiger partial charge in [0, 0.05) is 6.54 Å². The number of nitrogens with two attached hydrogens (primary N) is 1.